The van der Waals surface area contributed by atoms with Crippen LogP contribution in [0.25, 0.3) is 33.3 Å². The SMILES string of the molecule is [2H]C([2H])([2H])[n+]1[c-]n(-c2[c-]c(Oc3[c-]c4c(cc3)c3ccccc3n4-c3cc(C(C)(C)C)ccn3)ccc2)c(N2c3ccccc3[Si](c3ccccc3)(c3ccccc3)c3ccccc32)c1.[Pt]. The van der Waals surface area contributed by atoms with Crippen LogP contribution < -0.4 is 35.0 Å². The topological polar surface area (TPSA) is 39.1 Å². The molecule has 0 spiro atoms. The number of benzene rings is 7. The van der Waals surface area contributed by atoms with Crippen molar-refractivity contribution in [1.29, 1.82) is 0 Å². The van der Waals surface area contributed by atoms with Gasteiger partial charge >= 0.3 is 0 Å². The first-order valence-electron chi connectivity index (χ1n) is 22.3. The zero-order chi connectivity index (χ0) is 44.5. The van der Waals surface area contributed by atoms with Gasteiger partial charge in [0.2, 0.25) is 6.33 Å². The first-order chi connectivity index (χ1) is 31.5. The van der Waals surface area contributed by atoms with Gasteiger partial charge in [0.15, 0.2) is 8.07 Å². The first kappa shape index (κ1) is 36.8. The minimum absolute atomic E-state index is 0. The zero-order valence-electron chi connectivity index (χ0n) is 37.9. The number of ether oxygens (including phenoxy) is 1. The number of nitrogens with zero attached hydrogens (tertiary/aromatic N) is 5. The molecule has 0 atom stereocenters. The molecule has 310 valence electrons. The Balaban J connectivity index is 0.00000511. The Morgan fingerprint density at radius 2 is 1.29 bits per heavy atom. The summed E-state index contributed by atoms with van der Waals surface area (Å²) in [5.41, 5.74) is 5.45. The van der Waals surface area contributed by atoms with Gasteiger partial charge in [-0.1, -0.05) is 147 Å². The molecule has 1 aliphatic rings. The van der Waals surface area contributed by atoms with Crippen LogP contribution in [0.15, 0.2) is 188 Å². The van der Waals surface area contributed by atoms with E-state index in [0.29, 0.717) is 23.0 Å². The monoisotopic (exact) mass is 1020 g/mol. The Morgan fingerprint density at radius 3 is 1.97 bits per heavy atom. The van der Waals surface area contributed by atoms with Crippen molar-refractivity contribution in [1.82, 2.24) is 14.1 Å². The summed E-state index contributed by atoms with van der Waals surface area (Å²) in [7, 11) is -2.91. The summed E-state index contributed by atoms with van der Waals surface area (Å²) < 4.78 is 37.3. The summed E-state index contributed by atoms with van der Waals surface area (Å²) in [6.45, 7) is 4.09. The van der Waals surface area contributed by atoms with Crippen molar-refractivity contribution >= 4 is 67.8 Å². The molecule has 0 amide bonds. The van der Waals surface area contributed by atoms with E-state index in [2.05, 4.69) is 188 Å². The third kappa shape index (κ3) is 6.66. The average molecular weight is 1020 g/mol. The van der Waals surface area contributed by atoms with Crippen LogP contribution >= 0.6 is 0 Å². The Morgan fingerprint density at radius 1 is 0.651 bits per heavy atom. The van der Waals surface area contributed by atoms with Crippen molar-refractivity contribution in [3.63, 3.8) is 0 Å². The Hall–Kier alpha value is -6.79. The van der Waals surface area contributed by atoms with Gasteiger partial charge in [-0.05, 0) is 67.4 Å². The smallest absolute Gasteiger partial charge is 0.243 e. The average Bonchev–Trinajstić information content (AvgIpc) is 3.92. The number of aromatic nitrogens is 4. The van der Waals surface area contributed by atoms with Crippen molar-refractivity contribution < 1.29 is 34.5 Å². The van der Waals surface area contributed by atoms with Gasteiger partial charge in [0, 0.05) is 61.8 Å². The molecule has 0 radical (unpaired) electrons. The number of para-hydroxylation sites is 3. The molecule has 0 fully saturated rings. The van der Waals surface area contributed by atoms with Gasteiger partial charge in [0.05, 0.1) is 11.1 Å². The second kappa shape index (κ2) is 15.8. The molecule has 0 bridgehead atoms. The Labute approximate surface area is 387 Å². The Bertz CT molecular complexity index is 3330. The van der Waals surface area contributed by atoms with Crippen molar-refractivity contribution in [3.05, 3.63) is 212 Å². The molecule has 3 aromatic heterocycles. The van der Waals surface area contributed by atoms with Crippen LogP contribution in [0.4, 0.5) is 17.2 Å². The number of imidazole rings is 1. The number of fused-ring (bicyclic) bond motifs is 5. The summed E-state index contributed by atoms with van der Waals surface area (Å²) in [6, 6.07) is 67.8. The molecule has 1 aliphatic heterocycles. The van der Waals surface area contributed by atoms with Crippen molar-refractivity contribution in [2.24, 2.45) is 6.98 Å². The van der Waals surface area contributed by atoms with Crippen LogP contribution in [0.2, 0.25) is 0 Å². The van der Waals surface area contributed by atoms with E-state index < -0.39 is 15.0 Å². The predicted octanol–water partition coefficient (Wildman–Crippen LogP) is 9.44. The molecule has 63 heavy (non-hydrogen) atoms. The zero-order valence-corrected chi connectivity index (χ0v) is 38.1. The maximum Gasteiger partial charge on any atom is 0.243 e. The molecule has 4 heterocycles. The number of pyridine rings is 1. The number of hydrogen-bond acceptors (Lipinski definition) is 3. The fourth-order valence-electron chi connectivity index (χ4n) is 9.28. The van der Waals surface area contributed by atoms with E-state index in [9.17, 15) is 0 Å². The van der Waals surface area contributed by atoms with Gasteiger partial charge in [-0.3, -0.25) is 0 Å². The maximum atomic E-state index is 8.55. The van der Waals surface area contributed by atoms with Crippen molar-refractivity contribution in [2.45, 2.75) is 26.2 Å². The fourth-order valence-corrected chi connectivity index (χ4v) is 14.4. The van der Waals surface area contributed by atoms with Crippen LogP contribution in [0.1, 0.15) is 30.4 Å². The number of anilines is 3. The van der Waals surface area contributed by atoms with Crippen LogP contribution in [0.5, 0.6) is 11.5 Å². The minimum Gasteiger partial charge on any atom is -0.510 e. The molecule has 0 unspecified atom stereocenters. The molecule has 7 aromatic carbocycles. The second-order valence-electron chi connectivity index (χ2n) is 16.7. The van der Waals surface area contributed by atoms with Gasteiger partial charge in [-0.25, -0.2) is 4.98 Å². The standard InChI is InChI=1S/C55H43N5OSi.Pt/c1-55(2,3)39-32-33-56-53(34-39)59-47-25-12-11-24-45(47)46-31-30-42(36-50(46)59)61-41-19-17-18-40(35-41)58-38-57(4)37-54(58)60-48-26-13-15-28-51(48)62(43-20-7-5-8-21-43,44-22-9-6-10-23-44)52-29-16-14-27-49(52)60;/h5-34,37H,1-4H3;/q-2;/i4D3;. The molecule has 0 N–H and O–H groups in total. The summed E-state index contributed by atoms with van der Waals surface area (Å²) in [4.78, 5) is 7.00. The quantitative estimate of drug-likeness (QED) is 0.0909. The molecule has 8 heteroatoms. The Kier molecular flexibility index (Phi) is 9.26. The molecule has 0 saturated carbocycles. The van der Waals surface area contributed by atoms with E-state index in [1.165, 1.54) is 30.9 Å². The van der Waals surface area contributed by atoms with Crippen molar-refractivity contribution in [2.75, 3.05) is 4.90 Å². The molecule has 0 aliphatic carbocycles. The minimum atomic E-state index is -2.91. The fraction of sp³-hybridized carbons (Fsp3) is 0.0909. The van der Waals surface area contributed by atoms with Crippen LogP contribution in [-0.4, -0.2) is 22.2 Å². The van der Waals surface area contributed by atoms with E-state index in [4.69, 9.17) is 13.8 Å². The van der Waals surface area contributed by atoms with E-state index in [0.717, 1.165) is 39.0 Å². The molecule has 10 aromatic rings. The van der Waals surface area contributed by atoms with E-state index >= 15 is 0 Å². The van der Waals surface area contributed by atoms with Crippen LogP contribution in [0, 0.1) is 18.5 Å². The largest absolute Gasteiger partial charge is 0.510 e. The summed E-state index contributed by atoms with van der Waals surface area (Å²) >= 11 is 0. The van der Waals surface area contributed by atoms with Gasteiger partial charge in [-0.15, -0.1) is 29.7 Å². The van der Waals surface area contributed by atoms with Gasteiger partial charge in [0.25, 0.3) is 0 Å². The molecule has 11 rings (SSSR count). The third-order valence-corrected chi connectivity index (χ3v) is 16.9. The van der Waals surface area contributed by atoms with Gasteiger partial charge in [0.1, 0.15) is 11.6 Å². The van der Waals surface area contributed by atoms with E-state index in [1.54, 1.807) is 10.8 Å². The van der Waals surface area contributed by atoms with Gasteiger partial charge < -0.3 is 23.3 Å². The maximum absolute atomic E-state index is 8.55. The molecule has 6 nitrogen and oxygen atoms in total. The normalized spacial score (nSPS) is 14.0. The van der Waals surface area contributed by atoms with E-state index in [-0.39, 0.29) is 26.5 Å². The van der Waals surface area contributed by atoms with Crippen molar-refractivity contribution in [3.8, 4) is 23.0 Å². The second-order valence-corrected chi connectivity index (χ2v) is 20.5. The predicted molar refractivity (Wildman–Crippen MR) is 253 cm³/mol. The van der Waals surface area contributed by atoms with Crippen LogP contribution in [-0.2, 0) is 33.5 Å². The molecular formula is C55H43N5OPtSi-2. The number of rotatable bonds is 7. The third-order valence-electron chi connectivity index (χ3n) is 12.0. The number of aryl methyl sites for hydroxylation is 1. The summed E-state index contributed by atoms with van der Waals surface area (Å²) in [5, 5.41) is 7.02. The number of hydrogen-bond donors (Lipinski definition) is 0. The molecule has 0 saturated heterocycles. The van der Waals surface area contributed by atoms with E-state index in [1.807, 2.05) is 42.6 Å². The van der Waals surface area contributed by atoms with Gasteiger partial charge in [-0.2, -0.15) is 18.2 Å². The summed E-state index contributed by atoms with van der Waals surface area (Å²) in [6.07, 6.45) is 6.71. The van der Waals surface area contributed by atoms with Crippen LogP contribution in [0.3, 0.4) is 0 Å². The molecular weight excluding hydrogens is 970 g/mol. The first-order valence-corrected chi connectivity index (χ1v) is 22.8. The summed E-state index contributed by atoms with van der Waals surface area (Å²) in [5.74, 6) is 2.32.